The lowest BCUT2D eigenvalue weighted by atomic mass is 10.1. The predicted octanol–water partition coefficient (Wildman–Crippen LogP) is 1.63. The molecule has 0 radical (unpaired) electrons. The molecule has 0 bridgehead atoms. The SMILES string of the molecule is C[C@H](c1ccc(S(N)(=O)=O)cc1)N(C)C(=O)NCc1ccccn1. The van der Waals surface area contributed by atoms with Crippen molar-refractivity contribution in [2.75, 3.05) is 7.05 Å². The van der Waals surface area contributed by atoms with Crippen molar-refractivity contribution >= 4 is 16.1 Å². The summed E-state index contributed by atoms with van der Waals surface area (Å²) in [4.78, 5) is 18.0. The van der Waals surface area contributed by atoms with E-state index in [4.69, 9.17) is 5.14 Å². The summed E-state index contributed by atoms with van der Waals surface area (Å²) in [6, 6.07) is 11.2. The van der Waals surface area contributed by atoms with Gasteiger partial charge in [0.25, 0.3) is 0 Å². The third-order valence-corrected chi connectivity index (χ3v) is 4.67. The summed E-state index contributed by atoms with van der Waals surface area (Å²) >= 11 is 0. The molecule has 128 valence electrons. The molecule has 0 aliphatic rings. The lowest BCUT2D eigenvalue weighted by molar-refractivity contribution is 0.194. The smallest absolute Gasteiger partial charge is 0.317 e. The average molecular weight is 348 g/mol. The first kappa shape index (κ1) is 17.9. The van der Waals surface area contributed by atoms with Crippen molar-refractivity contribution in [3.05, 3.63) is 59.9 Å². The Morgan fingerprint density at radius 1 is 1.25 bits per heavy atom. The molecule has 24 heavy (non-hydrogen) atoms. The van der Waals surface area contributed by atoms with Gasteiger partial charge in [0, 0.05) is 13.2 Å². The Morgan fingerprint density at radius 2 is 1.92 bits per heavy atom. The average Bonchev–Trinajstić information content (AvgIpc) is 2.58. The number of rotatable bonds is 5. The van der Waals surface area contributed by atoms with Gasteiger partial charge < -0.3 is 10.2 Å². The minimum atomic E-state index is -3.72. The molecule has 7 nitrogen and oxygen atoms in total. The molecule has 0 unspecified atom stereocenters. The van der Waals surface area contributed by atoms with Gasteiger partial charge in [-0.1, -0.05) is 18.2 Å². The number of pyridine rings is 1. The molecule has 0 saturated heterocycles. The summed E-state index contributed by atoms with van der Waals surface area (Å²) in [6.45, 7) is 2.19. The summed E-state index contributed by atoms with van der Waals surface area (Å²) in [7, 11) is -2.05. The Labute approximate surface area is 141 Å². The van der Waals surface area contributed by atoms with Crippen LogP contribution >= 0.6 is 0 Å². The van der Waals surface area contributed by atoms with E-state index in [0.717, 1.165) is 11.3 Å². The number of nitrogens with zero attached hydrogens (tertiary/aromatic N) is 2. The van der Waals surface area contributed by atoms with E-state index in [9.17, 15) is 13.2 Å². The van der Waals surface area contributed by atoms with Gasteiger partial charge in [-0.3, -0.25) is 4.98 Å². The zero-order chi connectivity index (χ0) is 17.7. The first-order chi connectivity index (χ1) is 11.3. The van der Waals surface area contributed by atoms with Crippen LogP contribution in [0.2, 0.25) is 0 Å². The van der Waals surface area contributed by atoms with Crippen LogP contribution in [-0.4, -0.2) is 31.4 Å². The number of hydrogen-bond donors (Lipinski definition) is 2. The number of nitrogens with two attached hydrogens (primary N) is 1. The number of nitrogens with one attached hydrogen (secondary N) is 1. The van der Waals surface area contributed by atoms with Gasteiger partial charge in [-0.15, -0.1) is 0 Å². The molecular weight excluding hydrogens is 328 g/mol. The van der Waals surface area contributed by atoms with Crippen LogP contribution in [0.5, 0.6) is 0 Å². The highest BCUT2D eigenvalue weighted by atomic mass is 32.2. The molecule has 1 heterocycles. The first-order valence-corrected chi connectivity index (χ1v) is 8.87. The fourth-order valence-corrected chi connectivity index (χ4v) is 2.64. The minimum absolute atomic E-state index is 0.0423. The maximum atomic E-state index is 12.2. The number of sulfonamides is 1. The highest BCUT2D eigenvalue weighted by Crippen LogP contribution is 2.20. The lowest BCUT2D eigenvalue weighted by Crippen LogP contribution is -2.38. The second-order valence-electron chi connectivity index (χ2n) is 5.38. The van der Waals surface area contributed by atoms with E-state index < -0.39 is 10.0 Å². The quantitative estimate of drug-likeness (QED) is 0.856. The maximum Gasteiger partial charge on any atom is 0.317 e. The molecule has 2 amide bonds. The van der Waals surface area contributed by atoms with Crippen molar-refractivity contribution in [2.24, 2.45) is 5.14 Å². The monoisotopic (exact) mass is 348 g/mol. The van der Waals surface area contributed by atoms with Gasteiger partial charge in [0.1, 0.15) is 0 Å². The maximum absolute atomic E-state index is 12.2. The Morgan fingerprint density at radius 3 is 2.46 bits per heavy atom. The normalized spacial score (nSPS) is 12.5. The van der Waals surface area contributed by atoms with Crippen molar-refractivity contribution in [2.45, 2.75) is 24.4 Å². The van der Waals surface area contributed by atoms with Crippen LogP contribution in [0.4, 0.5) is 4.79 Å². The lowest BCUT2D eigenvalue weighted by Gasteiger charge is -2.25. The molecule has 2 aromatic rings. The van der Waals surface area contributed by atoms with Crippen LogP contribution in [0.15, 0.2) is 53.6 Å². The van der Waals surface area contributed by atoms with E-state index in [1.807, 2.05) is 25.1 Å². The van der Waals surface area contributed by atoms with Crippen LogP contribution in [0.3, 0.4) is 0 Å². The molecule has 0 fully saturated rings. The summed E-state index contributed by atoms with van der Waals surface area (Å²) in [5.41, 5.74) is 1.57. The van der Waals surface area contributed by atoms with E-state index in [1.54, 1.807) is 25.4 Å². The third-order valence-electron chi connectivity index (χ3n) is 3.74. The van der Waals surface area contributed by atoms with Crippen molar-refractivity contribution in [3.63, 3.8) is 0 Å². The van der Waals surface area contributed by atoms with Crippen LogP contribution in [0, 0.1) is 0 Å². The molecule has 0 spiro atoms. The summed E-state index contributed by atoms with van der Waals surface area (Å²) in [5.74, 6) is 0. The molecule has 0 saturated carbocycles. The Bertz CT molecular complexity index is 792. The van der Waals surface area contributed by atoms with Crippen molar-refractivity contribution in [1.29, 1.82) is 0 Å². The van der Waals surface area contributed by atoms with Crippen molar-refractivity contribution in [1.82, 2.24) is 15.2 Å². The van der Waals surface area contributed by atoms with E-state index in [0.29, 0.717) is 6.54 Å². The molecule has 1 aromatic carbocycles. The largest absolute Gasteiger partial charge is 0.332 e. The number of aromatic nitrogens is 1. The molecule has 2 rings (SSSR count). The van der Waals surface area contributed by atoms with Crippen LogP contribution in [-0.2, 0) is 16.6 Å². The van der Waals surface area contributed by atoms with Crippen LogP contribution in [0.1, 0.15) is 24.2 Å². The second-order valence-corrected chi connectivity index (χ2v) is 6.94. The van der Waals surface area contributed by atoms with Gasteiger partial charge in [0.05, 0.1) is 23.2 Å². The van der Waals surface area contributed by atoms with Gasteiger partial charge in [-0.2, -0.15) is 0 Å². The minimum Gasteiger partial charge on any atom is -0.332 e. The number of carbonyl (C=O) groups is 1. The fraction of sp³-hybridized carbons (Fsp3) is 0.250. The van der Waals surface area contributed by atoms with E-state index >= 15 is 0 Å². The molecule has 8 heteroatoms. The van der Waals surface area contributed by atoms with Gasteiger partial charge in [-0.25, -0.2) is 18.4 Å². The van der Waals surface area contributed by atoms with Gasteiger partial charge in [0.2, 0.25) is 10.0 Å². The highest BCUT2D eigenvalue weighted by Gasteiger charge is 2.18. The number of benzene rings is 1. The van der Waals surface area contributed by atoms with Gasteiger partial charge in [0.15, 0.2) is 0 Å². The molecule has 1 aromatic heterocycles. The number of primary sulfonamides is 1. The molecule has 3 N–H and O–H groups in total. The summed E-state index contributed by atoms with van der Waals surface area (Å²) in [5, 5.41) is 7.87. The highest BCUT2D eigenvalue weighted by molar-refractivity contribution is 7.89. The number of hydrogen-bond acceptors (Lipinski definition) is 4. The third kappa shape index (κ3) is 4.53. The number of amides is 2. The van der Waals surface area contributed by atoms with Gasteiger partial charge in [-0.05, 0) is 36.8 Å². The van der Waals surface area contributed by atoms with Crippen molar-refractivity contribution < 1.29 is 13.2 Å². The topological polar surface area (TPSA) is 105 Å². The summed E-state index contributed by atoms with van der Waals surface area (Å²) in [6.07, 6.45) is 1.67. The fourth-order valence-electron chi connectivity index (χ4n) is 2.13. The van der Waals surface area contributed by atoms with Crippen LogP contribution in [0.25, 0.3) is 0 Å². The van der Waals surface area contributed by atoms with E-state index in [2.05, 4.69) is 10.3 Å². The molecule has 0 aliphatic carbocycles. The molecular formula is C16H20N4O3S. The Kier molecular flexibility index (Phi) is 5.53. The van der Waals surface area contributed by atoms with Gasteiger partial charge >= 0.3 is 6.03 Å². The van der Waals surface area contributed by atoms with E-state index in [-0.39, 0.29) is 17.0 Å². The zero-order valence-corrected chi connectivity index (χ0v) is 14.3. The van der Waals surface area contributed by atoms with E-state index in [1.165, 1.54) is 17.0 Å². The Balaban J connectivity index is 2.00. The zero-order valence-electron chi connectivity index (χ0n) is 13.5. The second kappa shape index (κ2) is 7.41. The number of carbonyl (C=O) groups excluding carboxylic acids is 1. The predicted molar refractivity (Wildman–Crippen MR) is 90.5 cm³/mol. The standard InChI is InChI=1S/C16H20N4O3S/c1-12(13-6-8-15(9-7-13)24(17,22)23)20(2)16(21)19-11-14-5-3-4-10-18-14/h3-10,12H,11H2,1-2H3,(H,19,21)(H2,17,22,23)/t12-/m1/s1. The Hall–Kier alpha value is -2.45. The van der Waals surface area contributed by atoms with Crippen LogP contribution < -0.4 is 10.5 Å². The van der Waals surface area contributed by atoms with Crippen molar-refractivity contribution in [3.8, 4) is 0 Å². The molecule has 1 atom stereocenters. The first-order valence-electron chi connectivity index (χ1n) is 7.32. The number of urea groups is 1. The summed E-state index contributed by atoms with van der Waals surface area (Å²) < 4.78 is 22.5. The molecule has 0 aliphatic heterocycles.